The third-order valence-corrected chi connectivity index (χ3v) is 1.27. The fourth-order valence-electron chi connectivity index (χ4n) is 0.248. The molecule has 0 aromatic carbocycles. The van der Waals surface area contributed by atoms with Crippen LogP contribution in [0.3, 0.4) is 0 Å². The van der Waals surface area contributed by atoms with Gasteiger partial charge in [0.2, 0.25) is 0 Å². The first-order valence-electron chi connectivity index (χ1n) is 2.29. The molecule has 0 bridgehead atoms. The zero-order valence-electron chi connectivity index (χ0n) is 4.98. The molecule has 7 heteroatoms. The van der Waals surface area contributed by atoms with Crippen LogP contribution in [0, 0.1) is 0 Å². The first kappa shape index (κ1) is 9.18. The molecule has 0 saturated heterocycles. The van der Waals surface area contributed by atoms with Crippen LogP contribution >= 0.6 is 0 Å². The summed E-state index contributed by atoms with van der Waals surface area (Å²) in [4.78, 5) is 9.81. The number of nitrogens with two attached hydrogens (primary N) is 1. The van der Waals surface area contributed by atoms with Gasteiger partial charge in [-0.05, 0) is 0 Å². The SMILES string of the molecule is NC(=O)OCCS(=O)(=O)O. The van der Waals surface area contributed by atoms with Crippen molar-refractivity contribution in [2.45, 2.75) is 0 Å². The summed E-state index contributed by atoms with van der Waals surface area (Å²) in [6.07, 6.45) is -1.07. The monoisotopic (exact) mass is 169 g/mol. The Bertz CT molecular complexity index is 207. The second kappa shape index (κ2) is 3.37. The number of ether oxygens (including phenoxy) is 1. The van der Waals surface area contributed by atoms with Gasteiger partial charge in [-0.3, -0.25) is 4.55 Å². The number of rotatable bonds is 3. The summed E-state index contributed by atoms with van der Waals surface area (Å²) in [6, 6.07) is 0. The molecule has 0 atom stereocenters. The van der Waals surface area contributed by atoms with Crippen molar-refractivity contribution >= 4 is 16.2 Å². The smallest absolute Gasteiger partial charge is 0.404 e. The number of primary amides is 1. The predicted molar refractivity (Wildman–Crippen MR) is 32.0 cm³/mol. The maximum absolute atomic E-state index is 9.94. The summed E-state index contributed by atoms with van der Waals surface area (Å²) in [5.41, 5.74) is 4.48. The summed E-state index contributed by atoms with van der Waals surface area (Å²) < 4.78 is 32.0. The normalized spacial score (nSPS) is 10.9. The molecule has 0 radical (unpaired) electrons. The van der Waals surface area contributed by atoms with Crippen LogP contribution in [0.15, 0.2) is 0 Å². The zero-order chi connectivity index (χ0) is 8.20. The quantitative estimate of drug-likeness (QED) is 0.525. The largest absolute Gasteiger partial charge is 0.449 e. The molecule has 0 saturated carbocycles. The van der Waals surface area contributed by atoms with E-state index in [9.17, 15) is 13.2 Å². The van der Waals surface area contributed by atoms with Gasteiger partial charge in [0.25, 0.3) is 10.1 Å². The second-order valence-electron chi connectivity index (χ2n) is 1.45. The fourth-order valence-corrected chi connectivity index (χ4v) is 0.542. The highest BCUT2D eigenvalue weighted by atomic mass is 32.2. The highest BCUT2D eigenvalue weighted by Gasteiger charge is 2.04. The van der Waals surface area contributed by atoms with Crippen LogP contribution in [0.4, 0.5) is 4.79 Å². The lowest BCUT2D eigenvalue weighted by Crippen LogP contribution is -2.18. The van der Waals surface area contributed by atoms with Crippen molar-refractivity contribution in [3.63, 3.8) is 0 Å². The lowest BCUT2D eigenvalue weighted by molar-refractivity contribution is 0.163. The van der Waals surface area contributed by atoms with Gasteiger partial charge in [-0.25, -0.2) is 4.79 Å². The molecule has 0 aliphatic rings. The van der Waals surface area contributed by atoms with E-state index in [0.29, 0.717) is 0 Å². The van der Waals surface area contributed by atoms with E-state index >= 15 is 0 Å². The van der Waals surface area contributed by atoms with Crippen LogP contribution in [-0.4, -0.2) is 31.4 Å². The zero-order valence-corrected chi connectivity index (χ0v) is 5.80. The van der Waals surface area contributed by atoms with E-state index in [0.717, 1.165) is 0 Å². The number of carbonyl (C=O) groups is 1. The maximum Gasteiger partial charge on any atom is 0.404 e. The van der Waals surface area contributed by atoms with Gasteiger partial charge in [-0.2, -0.15) is 8.42 Å². The minimum Gasteiger partial charge on any atom is -0.449 e. The summed E-state index contributed by atoms with van der Waals surface area (Å²) in [7, 11) is -4.05. The Kier molecular flexibility index (Phi) is 3.10. The van der Waals surface area contributed by atoms with Gasteiger partial charge in [0.1, 0.15) is 12.4 Å². The van der Waals surface area contributed by atoms with Crippen LogP contribution in [-0.2, 0) is 14.9 Å². The molecule has 0 spiro atoms. The molecule has 6 nitrogen and oxygen atoms in total. The lowest BCUT2D eigenvalue weighted by atomic mass is 10.9. The van der Waals surface area contributed by atoms with E-state index < -0.39 is 28.6 Å². The van der Waals surface area contributed by atoms with Gasteiger partial charge in [-0.15, -0.1) is 0 Å². The van der Waals surface area contributed by atoms with Crippen LogP contribution in [0.1, 0.15) is 0 Å². The highest BCUT2D eigenvalue weighted by molar-refractivity contribution is 7.85. The van der Waals surface area contributed by atoms with Crippen molar-refractivity contribution in [3.05, 3.63) is 0 Å². The number of amides is 1. The van der Waals surface area contributed by atoms with E-state index in [1.807, 2.05) is 0 Å². The molecule has 0 aliphatic carbocycles. The summed E-state index contributed by atoms with van der Waals surface area (Å²) in [5.74, 6) is -0.629. The molecule has 0 unspecified atom stereocenters. The Morgan fingerprint density at radius 3 is 2.40 bits per heavy atom. The molecule has 0 heterocycles. The molecule has 1 amide bonds. The molecule has 0 aromatic rings. The van der Waals surface area contributed by atoms with Gasteiger partial charge >= 0.3 is 6.09 Å². The van der Waals surface area contributed by atoms with Gasteiger partial charge in [0, 0.05) is 0 Å². The fraction of sp³-hybridized carbons (Fsp3) is 0.667. The molecule has 0 rings (SSSR count). The molecular weight excluding hydrogens is 162 g/mol. The Morgan fingerprint density at radius 1 is 1.60 bits per heavy atom. The van der Waals surface area contributed by atoms with Crippen molar-refractivity contribution in [1.29, 1.82) is 0 Å². The van der Waals surface area contributed by atoms with Crippen molar-refractivity contribution in [3.8, 4) is 0 Å². The molecule has 10 heavy (non-hydrogen) atoms. The number of hydrogen-bond donors (Lipinski definition) is 2. The highest BCUT2D eigenvalue weighted by Crippen LogP contribution is 1.82. The van der Waals surface area contributed by atoms with E-state index in [2.05, 4.69) is 10.5 Å². The number of carbonyl (C=O) groups excluding carboxylic acids is 1. The lowest BCUT2D eigenvalue weighted by Gasteiger charge is -1.96. The van der Waals surface area contributed by atoms with Gasteiger partial charge in [-0.1, -0.05) is 0 Å². The molecule has 0 aromatic heterocycles. The van der Waals surface area contributed by atoms with Gasteiger partial charge < -0.3 is 10.5 Å². The average Bonchev–Trinajstić information content (AvgIpc) is 1.59. The number of hydrogen-bond acceptors (Lipinski definition) is 4. The summed E-state index contributed by atoms with van der Waals surface area (Å²) in [6.45, 7) is -0.422. The third-order valence-electron chi connectivity index (χ3n) is 0.586. The van der Waals surface area contributed by atoms with E-state index in [1.54, 1.807) is 0 Å². The predicted octanol–water partition coefficient (Wildman–Crippen LogP) is -1.03. The second-order valence-corrected chi connectivity index (χ2v) is 3.03. The maximum atomic E-state index is 9.94. The molecule has 60 valence electrons. The van der Waals surface area contributed by atoms with Crippen LogP contribution in [0.25, 0.3) is 0 Å². The van der Waals surface area contributed by atoms with E-state index in [-0.39, 0.29) is 0 Å². The molecule has 0 aliphatic heterocycles. The Balaban J connectivity index is 3.49. The van der Waals surface area contributed by atoms with Crippen LogP contribution < -0.4 is 5.73 Å². The molecular formula is C3H7NO5S. The minimum atomic E-state index is -4.05. The van der Waals surface area contributed by atoms with Crippen molar-refractivity contribution in [2.24, 2.45) is 5.73 Å². The van der Waals surface area contributed by atoms with E-state index in [1.165, 1.54) is 0 Å². The molecule has 0 fully saturated rings. The third kappa shape index (κ3) is 7.18. The first-order chi connectivity index (χ1) is 4.42. The Labute approximate surface area is 57.7 Å². The minimum absolute atomic E-state index is 0.422. The first-order valence-corrected chi connectivity index (χ1v) is 3.90. The average molecular weight is 169 g/mol. The van der Waals surface area contributed by atoms with Gasteiger partial charge in [0.15, 0.2) is 0 Å². The summed E-state index contributed by atoms with van der Waals surface area (Å²) in [5, 5.41) is 0. The van der Waals surface area contributed by atoms with Gasteiger partial charge in [0.05, 0.1) is 0 Å². The van der Waals surface area contributed by atoms with Crippen LogP contribution in [0.5, 0.6) is 0 Å². The van der Waals surface area contributed by atoms with Crippen molar-refractivity contribution in [2.75, 3.05) is 12.4 Å². The molecule has 3 N–H and O–H groups in total. The van der Waals surface area contributed by atoms with Crippen molar-refractivity contribution in [1.82, 2.24) is 0 Å². The Morgan fingerprint density at radius 2 is 2.10 bits per heavy atom. The van der Waals surface area contributed by atoms with Crippen molar-refractivity contribution < 1.29 is 22.5 Å². The standard InChI is InChI=1S/C3H7NO5S/c4-3(5)9-1-2-10(6,7)8/h1-2H2,(H2,4,5)(H,6,7,8). The Hall–Kier alpha value is -0.820. The topological polar surface area (TPSA) is 107 Å². The van der Waals surface area contributed by atoms with E-state index in [4.69, 9.17) is 4.55 Å². The van der Waals surface area contributed by atoms with Crippen LogP contribution in [0.2, 0.25) is 0 Å². The summed E-state index contributed by atoms with van der Waals surface area (Å²) >= 11 is 0.